The summed E-state index contributed by atoms with van der Waals surface area (Å²) in [5, 5.41) is 0. The van der Waals surface area contributed by atoms with Crippen LogP contribution in [0.4, 0.5) is 0 Å². The molecule has 2 fully saturated rings. The fraction of sp³-hybridized carbons (Fsp3) is 0.533. The van der Waals surface area contributed by atoms with Crippen molar-refractivity contribution < 1.29 is 9.53 Å². The summed E-state index contributed by atoms with van der Waals surface area (Å²) in [5.74, 6) is 0.214. The van der Waals surface area contributed by atoms with Crippen LogP contribution in [0, 0.1) is 3.57 Å². The predicted octanol–water partition coefficient (Wildman–Crippen LogP) is 2.27. The molecule has 1 aromatic rings. The molecule has 0 N–H and O–H groups in total. The number of benzene rings is 1. The number of halogens is 1. The quantitative estimate of drug-likeness (QED) is 0.764. The molecule has 0 bridgehead atoms. The second-order valence-electron chi connectivity index (χ2n) is 5.38. The van der Waals surface area contributed by atoms with Crippen LogP contribution in [0.1, 0.15) is 18.4 Å². The van der Waals surface area contributed by atoms with Crippen molar-refractivity contribution in [1.29, 1.82) is 0 Å². The molecule has 4 heteroatoms. The second kappa shape index (κ2) is 5.89. The molecule has 1 aromatic carbocycles. The van der Waals surface area contributed by atoms with E-state index < -0.39 is 0 Å². The van der Waals surface area contributed by atoms with Crippen molar-refractivity contribution in [3.63, 3.8) is 0 Å². The molecule has 2 aliphatic rings. The van der Waals surface area contributed by atoms with E-state index in [1.807, 2.05) is 24.3 Å². The average Bonchev–Trinajstić information content (AvgIpc) is 2.88. The normalized spacial score (nSPS) is 27.2. The molecule has 0 aromatic heterocycles. The highest BCUT2D eigenvalue weighted by Crippen LogP contribution is 2.23. The Balaban J connectivity index is 1.59. The lowest BCUT2D eigenvalue weighted by Crippen LogP contribution is -2.49. The number of ether oxygens (including phenoxy) is 1. The number of carbonyl (C=O) groups is 1. The number of hydrogen-bond acceptors (Lipinski definition) is 3. The van der Waals surface area contributed by atoms with Gasteiger partial charge in [0.15, 0.2) is 5.78 Å². The zero-order chi connectivity index (χ0) is 13.2. The van der Waals surface area contributed by atoms with Crippen molar-refractivity contribution in [2.75, 3.05) is 19.7 Å². The lowest BCUT2D eigenvalue weighted by molar-refractivity contribution is -0.137. The van der Waals surface area contributed by atoms with Crippen LogP contribution in [-0.4, -0.2) is 42.5 Å². The summed E-state index contributed by atoms with van der Waals surface area (Å²) in [6.45, 7) is 2.64. The minimum Gasteiger partial charge on any atom is -0.367 e. The first-order valence-electron chi connectivity index (χ1n) is 6.85. The van der Waals surface area contributed by atoms with Crippen LogP contribution < -0.4 is 0 Å². The lowest BCUT2D eigenvalue weighted by Gasteiger charge is -2.34. The van der Waals surface area contributed by atoms with Gasteiger partial charge in [0.1, 0.15) is 6.10 Å². The maximum absolute atomic E-state index is 12.3. The predicted molar refractivity (Wildman–Crippen MR) is 82.2 cm³/mol. The highest BCUT2D eigenvalue weighted by atomic mass is 127. The number of fused-ring (bicyclic) bond motifs is 1. The fourth-order valence-electron chi connectivity index (χ4n) is 2.93. The molecule has 0 aliphatic carbocycles. The molecule has 0 radical (unpaired) electrons. The standard InChI is InChI=1S/C15H18INO2/c16-12-5-3-11(4-6-12)8-14(18)15-9-17-7-1-2-13(17)10-19-15/h3-6,13,15H,1-2,7-10H2. The Labute approximate surface area is 127 Å². The number of morpholine rings is 1. The topological polar surface area (TPSA) is 29.5 Å². The summed E-state index contributed by atoms with van der Waals surface area (Å²) in [5.41, 5.74) is 1.08. The minimum absolute atomic E-state index is 0.214. The van der Waals surface area contributed by atoms with Gasteiger partial charge in [-0.2, -0.15) is 0 Å². The monoisotopic (exact) mass is 371 g/mol. The molecule has 2 saturated heterocycles. The van der Waals surface area contributed by atoms with Crippen LogP contribution >= 0.6 is 22.6 Å². The number of ketones is 1. The lowest BCUT2D eigenvalue weighted by atomic mass is 10.0. The van der Waals surface area contributed by atoms with Gasteiger partial charge in [0.2, 0.25) is 0 Å². The smallest absolute Gasteiger partial charge is 0.167 e. The number of Topliss-reactive ketones (excluding diaryl/α,β-unsaturated/α-hetero) is 1. The largest absolute Gasteiger partial charge is 0.367 e. The summed E-state index contributed by atoms with van der Waals surface area (Å²) in [6.07, 6.45) is 2.72. The molecule has 2 unspecified atom stereocenters. The average molecular weight is 371 g/mol. The van der Waals surface area contributed by atoms with E-state index in [-0.39, 0.29) is 11.9 Å². The number of nitrogens with zero attached hydrogens (tertiary/aromatic N) is 1. The molecule has 2 atom stereocenters. The third-order valence-electron chi connectivity index (χ3n) is 4.04. The SMILES string of the molecule is O=C(Cc1ccc(I)cc1)C1CN2CCCC2CO1. The fourth-order valence-corrected chi connectivity index (χ4v) is 3.29. The van der Waals surface area contributed by atoms with Gasteiger partial charge in [-0.1, -0.05) is 12.1 Å². The molecular formula is C15H18INO2. The van der Waals surface area contributed by atoms with Gasteiger partial charge in [0, 0.05) is 22.6 Å². The molecule has 2 heterocycles. The van der Waals surface area contributed by atoms with Gasteiger partial charge in [-0.05, 0) is 59.7 Å². The Morgan fingerprint density at radius 1 is 1.37 bits per heavy atom. The van der Waals surface area contributed by atoms with Gasteiger partial charge in [0.25, 0.3) is 0 Å². The van der Waals surface area contributed by atoms with Crippen LogP contribution in [0.2, 0.25) is 0 Å². The minimum atomic E-state index is -0.228. The van der Waals surface area contributed by atoms with Gasteiger partial charge in [0.05, 0.1) is 6.61 Å². The summed E-state index contributed by atoms with van der Waals surface area (Å²) in [6, 6.07) is 8.70. The van der Waals surface area contributed by atoms with Crippen LogP contribution in [0.3, 0.4) is 0 Å². The van der Waals surface area contributed by atoms with Crippen LogP contribution in [0.15, 0.2) is 24.3 Å². The highest BCUT2D eigenvalue weighted by Gasteiger charge is 2.34. The Kier molecular flexibility index (Phi) is 4.19. The molecule has 3 rings (SSSR count). The van der Waals surface area contributed by atoms with Gasteiger partial charge >= 0.3 is 0 Å². The summed E-state index contributed by atoms with van der Waals surface area (Å²) in [7, 11) is 0. The molecule has 0 amide bonds. The first kappa shape index (κ1) is 13.5. The Morgan fingerprint density at radius 2 is 2.16 bits per heavy atom. The molecule has 2 aliphatic heterocycles. The zero-order valence-corrected chi connectivity index (χ0v) is 13.0. The zero-order valence-electron chi connectivity index (χ0n) is 10.8. The molecule has 0 saturated carbocycles. The summed E-state index contributed by atoms with van der Waals surface area (Å²) in [4.78, 5) is 14.7. The highest BCUT2D eigenvalue weighted by molar-refractivity contribution is 14.1. The van der Waals surface area contributed by atoms with Crippen molar-refractivity contribution in [3.8, 4) is 0 Å². The first-order valence-corrected chi connectivity index (χ1v) is 7.93. The van der Waals surface area contributed by atoms with E-state index in [1.54, 1.807) is 0 Å². The van der Waals surface area contributed by atoms with E-state index >= 15 is 0 Å². The maximum atomic E-state index is 12.3. The van der Waals surface area contributed by atoms with Crippen molar-refractivity contribution in [3.05, 3.63) is 33.4 Å². The van der Waals surface area contributed by atoms with E-state index in [1.165, 1.54) is 16.4 Å². The molecule has 3 nitrogen and oxygen atoms in total. The number of hydrogen-bond donors (Lipinski definition) is 0. The Bertz CT molecular complexity index is 460. The third kappa shape index (κ3) is 3.17. The van der Waals surface area contributed by atoms with Crippen molar-refractivity contribution in [1.82, 2.24) is 4.90 Å². The van der Waals surface area contributed by atoms with Crippen LogP contribution in [0.5, 0.6) is 0 Å². The summed E-state index contributed by atoms with van der Waals surface area (Å²) < 4.78 is 6.95. The maximum Gasteiger partial charge on any atom is 0.167 e. The number of carbonyl (C=O) groups excluding carboxylic acids is 1. The van der Waals surface area contributed by atoms with Gasteiger partial charge in [-0.3, -0.25) is 9.69 Å². The van der Waals surface area contributed by atoms with Crippen LogP contribution in [-0.2, 0) is 16.0 Å². The first-order chi connectivity index (χ1) is 9.22. The molecule has 19 heavy (non-hydrogen) atoms. The second-order valence-corrected chi connectivity index (χ2v) is 6.63. The van der Waals surface area contributed by atoms with Gasteiger partial charge < -0.3 is 4.74 Å². The van der Waals surface area contributed by atoms with E-state index in [0.29, 0.717) is 12.5 Å². The Morgan fingerprint density at radius 3 is 2.95 bits per heavy atom. The van der Waals surface area contributed by atoms with Crippen LogP contribution in [0.25, 0.3) is 0 Å². The third-order valence-corrected chi connectivity index (χ3v) is 4.76. The number of rotatable bonds is 3. The van der Waals surface area contributed by atoms with E-state index in [4.69, 9.17) is 4.74 Å². The van der Waals surface area contributed by atoms with Crippen molar-refractivity contribution in [2.45, 2.75) is 31.4 Å². The Hall–Kier alpha value is -0.460. The van der Waals surface area contributed by atoms with Crippen molar-refractivity contribution >= 4 is 28.4 Å². The van der Waals surface area contributed by atoms with E-state index in [0.717, 1.165) is 25.3 Å². The van der Waals surface area contributed by atoms with E-state index in [2.05, 4.69) is 27.5 Å². The van der Waals surface area contributed by atoms with E-state index in [9.17, 15) is 4.79 Å². The van der Waals surface area contributed by atoms with Gasteiger partial charge in [-0.25, -0.2) is 0 Å². The molecule has 102 valence electrons. The molecular weight excluding hydrogens is 353 g/mol. The van der Waals surface area contributed by atoms with Gasteiger partial charge in [-0.15, -0.1) is 0 Å². The molecule has 0 spiro atoms. The summed E-state index contributed by atoms with van der Waals surface area (Å²) >= 11 is 2.27. The van der Waals surface area contributed by atoms with Crippen molar-refractivity contribution in [2.24, 2.45) is 0 Å².